The number of hydrogen-bond donors (Lipinski definition) is 0. The third-order valence-electron chi connectivity index (χ3n) is 4.31. The summed E-state index contributed by atoms with van der Waals surface area (Å²) in [5.74, 6) is -0.326. The summed E-state index contributed by atoms with van der Waals surface area (Å²) >= 11 is 3.26. The third kappa shape index (κ3) is 6.85. The number of amides is 1. The molecule has 0 N–H and O–H groups in total. The molecule has 1 amide bonds. The van der Waals surface area contributed by atoms with Gasteiger partial charge in [0.1, 0.15) is 11.4 Å². The monoisotopic (exact) mass is 429 g/mol. The van der Waals surface area contributed by atoms with Crippen molar-refractivity contribution in [2.24, 2.45) is 0 Å². The second kappa shape index (κ2) is 9.15. The van der Waals surface area contributed by atoms with Gasteiger partial charge in [-0.3, -0.25) is 4.90 Å². The van der Waals surface area contributed by atoms with Crippen LogP contribution < -0.4 is 0 Å². The molecule has 0 aromatic heterocycles. The molecule has 2 rings (SSSR count). The Bertz CT molecular complexity index is 613. The maximum Gasteiger partial charge on any atom is 0.410 e. The Hall–Kier alpha value is -1.18. The van der Waals surface area contributed by atoms with Crippen LogP contribution in [0.2, 0.25) is 0 Å². The molecule has 26 heavy (non-hydrogen) atoms. The van der Waals surface area contributed by atoms with Gasteiger partial charge in [-0.05, 0) is 40.0 Å². The summed E-state index contributed by atoms with van der Waals surface area (Å²) in [4.78, 5) is 18.8. The molecular weight excluding hydrogens is 401 g/mol. The molecule has 1 aliphatic rings. The van der Waals surface area contributed by atoms with Crippen LogP contribution in [0.1, 0.15) is 26.3 Å². The van der Waals surface area contributed by atoms with Crippen LogP contribution in [0.5, 0.6) is 0 Å². The molecule has 7 heteroatoms. The minimum atomic E-state index is -0.582. The van der Waals surface area contributed by atoms with Gasteiger partial charge in [0.15, 0.2) is 0 Å². The number of nitrogens with zero attached hydrogens (tertiary/aromatic N) is 3. The van der Waals surface area contributed by atoms with Crippen molar-refractivity contribution >= 4 is 22.0 Å². The summed E-state index contributed by atoms with van der Waals surface area (Å²) in [6, 6.07) is 4.90. The number of hydrogen-bond acceptors (Lipinski definition) is 4. The number of likely N-dealkylation sites (N-methyl/N-ethyl adjacent to an activating group) is 1. The molecule has 0 unspecified atom stereocenters. The first-order valence-corrected chi connectivity index (χ1v) is 9.76. The van der Waals surface area contributed by atoms with Crippen LogP contribution >= 0.6 is 15.9 Å². The van der Waals surface area contributed by atoms with Gasteiger partial charge in [-0.15, -0.1) is 0 Å². The molecule has 146 valence electrons. The molecule has 1 fully saturated rings. The number of carbonyl (C=O) groups excluding carboxylic acids is 1. The lowest BCUT2D eigenvalue weighted by atomic mass is 10.2. The molecule has 0 spiro atoms. The molecular formula is C19H29BrFN3O2. The molecule has 0 radical (unpaired) electrons. The quantitative estimate of drug-likeness (QED) is 0.716. The van der Waals surface area contributed by atoms with E-state index in [1.165, 1.54) is 6.07 Å². The molecule has 0 saturated carbocycles. The highest BCUT2D eigenvalue weighted by Crippen LogP contribution is 2.18. The number of piperazine rings is 1. The molecule has 1 aliphatic heterocycles. The standard InChI is InChI=1S/C19H29BrFN3O2/c1-19(2,3)26-18(25)24(12-11-23-9-7-22(4)8-10-23)14-15-5-6-16(20)13-17(15)21/h5-6,13H,7-12,14H2,1-4H3. The Morgan fingerprint density at radius 1 is 1.27 bits per heavy atom. The van der Waals surface area contributed by atoms with Gasteiger partial charge < -0.3 is 14.5 Å². The highest BCUT2D eigenvalue weighted by Gasteiger charge is 2.24. The molecule has 1 heterocycles. The molecule has 5 nitrogen and oxygen atoms in total. The van der Waals surface area contributed by atoms with E-state index in [4.69, 9.17) is 4.74 Å². The lowest BCUT2D eigenvalue weighted by Crippen LogP contribution is -2.48. The average molecular weight is 430 g/mol. The average Bonchev–Trinajstić information content (AvgIpc) is 2.53. The highest BCUT2D eigenvalue weighted by atomic mass is 79.9. The first-order valence-electron chi connectivity index (χ1n) is 8.97. The van der Waals surface area contributed by atoms with Crippen molar-refractivity contribution in [3.05, 3.63) is 34.1 Å². The minimum absolute atomic E-state index is 0.196. The first kappa shape index (κ1) is 21.1. The van der Waals surface area contributed by atoms with Gasteiger partial charge in [-0.1, -0.05) is 22.0 Å². The Morgan fingerprint density at radius 2 is 1.92 bits per heavy atom. The molecule has 0 bridgehead atoms. The summed E-state index contributed by atoms with van der Waals surface area (Å²) in [6.07, 6.45) is -0.408. The summed E-state index contributed by atoms with van der Waals surface area (Å²) in [5, 5.41) is 0. The normalized spacial score (nSPS) is 16.5. The number of benzene rings is 1. The Labute approximate surface area is 164 Å². The lowest BCUT2D eigenvalue weighted by Gasteiger charge is -2.34. The largest absolute Gasteiger partial charge is 0.444 e. The van der Waals surface area contributed by atoms with Crippen LogP contribution in [-0.2, 0) is 11.3 Å². The Kier molecular flexibility index (Phi) is 7.43. The molecule has 1 aromatic carbocycles. The fraction of sp³-hybridized carbons (Fsp3) is 0.632. The zero-order valence-corrected chi connectivity index (χ0v) is 17.7. The second-order valence-electron chi connectivity index (χ2n) is 7.78. The van der Waals surface area contributed by atoms with Gasteiger partial charge >= 0.3 is 6.09 Å². The van der Waals surface area contributed by atoms with Crippen LogP contribution in [0, 0.1) is 5.82 Å². The maximum atomic E-state index is 14.2. The third-order valence-corrected chi connectivity index (χ3v) is 4.80. The predicted octanol–water partition coefficient (Wildman–Crippen LogP) is 3.57. The van der Waals surface area contributed by atoms with Gasteiger partial charge in [-0.25, -0.2) is 9.18 Å². The lowest BCUT2D eigenvalue weighted by molar-refractivity contribution is 0.0203. The predicted molar refractivity (Wildman–Crippen MR) is 105 cm³/mol. The van der Waals surface area contributed by atoms with Crippen molar-refractivity contribution in [1.82, 2.24) is 14.7 Å². The number of carbonyl (C=O) groups is 1. The van der Waals surface area contributed by atoms with E-state index in [0.717, 1.165) is 32.7 Å². The van der Waals surface area contributed by atoms with Crippen molar-refractivity contribution in [3.8, 4) is 0 Å². The Morgan fingerprint density at radius 3 is 2.50 bits per heavy atom. The molecule has 0 aliphatic carbocycles. The first-order chi connectivity index (χ1) is 12.1. The van der Waals surface area contributed by atoms with Crippen molar-refractivity contribution in [2.45, 2.75) is 32.9 Å². The van der Waals surface area contributed by atoms with E-state index >= 15 is 0 Å². The fourth-order valence-electron chi connectivity index (χ4n) is 2.75. The van der Waals surface area contributed by atoms with Gasteiger partial charge in [-0.2, -0.15) is 0 Å². The zero-order valence-electron chi connectivity index (χ0n) is 16.1. The SMILES string of the molecule is CN1CCN(CCN(Cc2ccc(Br)cc2F)C(=O)OC(C)(C)C)CC1. The zero-order chi connectivity index (χ0) is 19.3. The van der Waals surface area contributed by atoms with Gasteiger partial charge in [0.05, 0.1) is 6.54 Å². The highest BCUT2D eigenvalue weighted by molar-refractivity contribution is 9.10. The Balaban J connectivity index is 2.04. The van der Waals surface area contributed by atoms with Crippen molar-refractivity contribution < 1.29 is 13.9 Å². The summed E-state index contributed by atoms with van der Waals surface area (Å²) in [7, 11) is 2.11. The van der Waals surface area contributed by atoms with Gasteiger partial charge in [0.25, 0.3) is 0 Å². The van der Waals surface area contributed by atoms with E-state index in [9.17, 15) is 9.18 Å². The van der Waals surface area contributed by atoms with Crippen LogP contribution in [0.25, 0.3) is 0 Å². The van der Waals surface area contributed by atoms with E-state index in [0.29, 0.717) is 16.6 Å². The van der Waals surface area contributed by atoms with E-state index in [2.05, 4.69) is 32.8 Å². The van der Waals surface area contributed by atoms with Crippen molar-refractivity contribution in [3.63, 3.8) is 0 Å². The maximum absolute atomic E-state index is 14.2. The van der Waals surface area contributed by atoms with E-state index in [1.54, 1.807) is 17.0 Å². The molecule has 0 atom stereocenters. The van der Waals surface area contributed by atoms with Crippen LogP contribution in [0.15, 0.2) is 22.7 Å². The van der Waals surface area contributed by atoms with Crippen molar-refractivity contribution in [2.75, 3.05) is 46.3 Å². The smallest absolute Gasteiger partial charge is 0.410 e. The van der Waals surface area contributed by atoms with E-state index in [-0.39, 0.29) is 12.4 Å². The molecule has 1 saturated heterocycles. The van der Waals surface area contributed by atoms with E-state index < -0.39 is 11.7 Å². The number of ether oxygens (including phenoxy) is 1. The second-order valence-corrected chi connectivity index (χ2v) is 8.70. The summed E-state index contributed by atoms with van der Waals surface area (Å²) in [5.41, 5.74) is -0.0982. The van der Waals surface area contributed by atoms with Gasteiger partial charge in [0, 0.05) is 49.3 Å². The fourth-order valence-corrected chi connectivity index (χ4v) is 3.08. The van der Waals surface area contributed by atoms with Gasteiger partial charge in [0.2, 0.25) is 0 Å². The minimum Gasteiger partial charge on any atom is -0.444 e. The number of halogens is 2. The van der Waals surface area contributed by atoms with E-state index in [1.807, 2.05) is 20.8 Å². The summed E-state index contributed by atoms with van der Waals surface area (Å²) < 4.78 is 20.4. The van der Waals surface area contributed by atoms with Crippen LogP contribution in [-0.4, -0.2) is 72.7 Å². The van der Waals surface area contributed by atoms with Crippen LogP contribution in [0.3, 0.4) is 0 Å². The van der Waals surface area contributed by atoms with Crippen LogP contribution in [0.4, 0.5) is 9.18 Å². The topological polar surface area (TPSA) is 36.0 Å². The van der Waals surface area contributed by atoms with Crippen molar-refractivity contribution in [1.29, 1.82) is 0 Å². The number of rotatable bonds is 5. The molecule has 1 aromatic rings. The summed E-state index contributed by atoms with van der Waals surface area (Å²) in [6.45, 7) is 11.0.